The van der Waals surface area contributed by atoms with E-state index in [0.29, 0.717) is 5.89 Å². The Morgan fingerprint density at radius 3 is 2.85 bits per heavy atom. The van der Waals surface area contributed by atoms with Gasteiger partial charge in [0.2, 0.25) is 17.7 Å². The zero-order chi connectivity index (χ0) is 14.5. The third-order valence-electron chi connectivity index (χ3n) is 2.45. The van der Waals surface area contributed by atoms with E-state index in [1.165, 1.54) is 0 Å². The first-order valence-electron chi connectivity index (χ1n) is 5.79. The van der Waals surface area contributed by atoms with Gasteiger partial charge in [-0.1, -0.05) is 6.92 Å². The van der Waals surface area contributed by atoms with Gasteiger partial charge in [-0.3, -0.25) is 15.5 Å². The van der Waals surface area contributed by atoms with Gasteiger partial charge in [-0.15, -0.1) is 0 Å². The molecule has 0 aliphatic carbocycles. The molecule has 0 bridgehead atoms. The highest BCUT2D eigenvalue weighted by Crippen LogP contribution is 2.22. The lowest BCUT2D eigenvalue weighted by molar-refractivity contribution is -0.384. The molecule has 0 amide bonds. The molecule has 10 nitrogen and oxygen atoms in total. The fourth-order valence-corrected chi connectivity index (χ4v) is 1.46. The maximum Gasteiger partial charge on any atom is 0.329 e. The molecule has 0 unspecified atom stereocenters. The summed E-state index contributed by atoms with van der Waals surface area (Å²) in [6.07, 6.45) is 3.40. The Bertz CT molecular complexity index is 613. The molecular formula is C10H13N7O3. The largest absolute Gasteiger partial charge is 0.444 e. The predicted molar refractivity (Wildman–Crippen MR) is 69.7 cm³/mol. The van der Waals surface area contributed by atoms with Gasteiger partial charge < -0.3 is 9.73 Å². The lowest BCUT2D eigenvalue weighted by Crippen LogP contribution is -2.13. The van der Waals surface area contributed by atoms with Crippen LogP contribution in [0.25, 0.3) is 0 Å². The lowest BCUT2D eigenvalue weighted by Gasteiger charge is -2.05. The van der Waals surface area contributed by atoms with E-state index < -0.39 is 4.92 Å². The number of aromatic nitrogens is 3. The molecule has 0 aliphatic heterocycles. The fourth-order valence-electron chi connectivity index (χ4n) is 1.46. The Labute approximate surface area is 113 Å². The van der Waals surface area contributed by atoms with Gasteiger partial charge in [0, 0.05) is 6.42 Å². The fraction of sp³-hybridized carbons (Fsp3) is 0.300. The first-order valence-corrected chi connectivity index (χ1v) is 5.79. The molecule has 10 heteroatoms. The smallest absolute Gasteiger partial charge is 0.329 e. The quantitative estimate of drug-likeness (QED) is 0.397. The van der Waals surface area contributed by atoms with Gasteiger partial charge in [0.1, 0.15) is 12.0 Å². The van der Waals surface area contributed by atoms with E-state index in [0.717, 1.165) is 18.4 Å². The highest BCUT2D eigenvalue weighted by molar-refractivity contribution is 5.56. The Morgan fingerprint density at radius 2 is 2.25 bits per heavy atom. The van der Waals surface area contributed by atoms with E-state index in [2.05, 4.69) is 25.7 Å². The molecule has 2 aromatic rings. The van der Waals surface area contributed by atoms with Crippen LogP contribution in [-0.2, 0) is 13.0 Å². The number of hydrogen-bond acceptors (Lipinski definition) is 9. The first-order chi connectivity index (χ1) is 9.63. The van der Waals surface area contributed by atoms with Crippen molar-refractivity contribution in [3.05, 3.63) is 34.2 Å². The number of nitrogen functional groups attached to an aromatic ring is 1. The first kappa shape index (κ1) is 13.7. The van der Waals surface area contributed by atoms with Crippen LogP contribution in [0.5, 0.6) is 0 Å². The molecule has 0 aliphatic rings. The number of hydrazine groups is 1. The minimum Gasteiger partial charge on any atom is -0.444 e. The second kappa shape index (κ2) is 5.93. The van der Waals surface area contributed by atoms with Gasteiger partial charge in [-0.2, -0.15) is 4.98 Å². The van der Waals surface area contributed by atoms with Gasteiger partial charge in [-0.25, -0.2) is 15.8 Å². The Morgan fingerprint density at radius 1 is 1.45 bits per heavy atom. The average molecular weight is 279 g/mol. The molecule has 0 fully saturated rings. The highest BCUT2D eigenvalue weighted by Gasteiger charge is 2.17. The SMILES string of the molecule is CCc1cnc(CNc2nc(NN)ncc2[N+](=O)[O-])o1. The zero-order valence-electron chi connectivity index (χ0n) is 10.7. The van der Waals surface area contributed by atoms with Crippen molar-refractivity contribution in [2.75, 3.05) is 10.7 Å². The number of aryl methyl sites for hydroxylation is 1. The molecule has 0 aromatic carbocycles. The van der Waals surface area contributed by atoms with Gasteiger partial charge in [-0.05, 0) is 0 Å². The molecule has 2 heterocycles. The van der Waals surface area contributed by atoms with Gasteiger partial charge in [0.25, 0.3) is 0 Å². The number of nitro groups is 1. The topological polar surface area (TPSA) is 145 Å². The number of nitrogens with zero attached hydrogens (tertiary/aromatic N) is 4. The van der Waals surface area contributed by atoms with Crippen LogP contribution in [0.3, 0.4) is 0 Å². The second-order valence-electron chi connectivity index (χ2n) is 3.76. The summed E-state index contributed by atoms with van der Waals surface area (Å²) in [7, 11) is 0. The number of nitrogens with two attached hydrogens (primary N) is 1. The Hall–Kier alpha value is -2.75. The third-order valence-corrected chi connectivity index (χ3v) is 2.45. The molecule has 2 rings (SSSR count). The van der Waals surface area contributed by atoms with Crippen molar-refractivity contribution in [3.8, 4) is 0 Å². The average Bonchev–Trinajstić information content (AvgIpc) is 2.92. The summed E-state index contributed by atoms with van der Waals surface area (Å²) in [4.78, 5) is 21.9. The minimum atomic E-state index is -0.588. The van der Waals surface area contributed by atoms with Crippen molar-refractivity contribution >= 4 is 17.5 Å². The normalized spacial score (nSPS) is 10.3. The van der Waals surface area contributed by atoms with Crippen LogP contribution in [0.2, 0.25) is 0 Å². The molecule has 0 saturated heterocycles. The molecule has 106 valence electrons. The molecule has 0 spiro atoms. The van der Waals surface area contributed by atoms with Gasteiger partial charge >= 0.3 is 5.69 Å². The lowest BCUT2D eigenvalue weighted by atomic mass is 10.4. The van der Waals surface area contributed by atoms with Crippen LogP contribution < -0.4 is 16.6 Å². The molecule has 0 saturated carbocycles. The van der Waals surface area contributed by atoms with Gasteiger partial charge in [0.15, 0.2) is 0 Å². The number of hydrogen-bond donors (Lipinski definition) is 3. The van der Waals surface area contributed by atoms with Crippen LogP contribution in [0.15, 0.2) is 16.8 Å². The molecule has 4 N–H and O–H groups in total. The van der Waals surface area contributed by atoms with Crippen molar-refractivity contribution in [3.63, 3.8) is 0 Å². The number of oxazole rings is 1. The van der Waals surface area contributed by atoms with Crippen molar-refractivity contribution < 1.29 is 9.34 Å². The van der Waals surface area contributed by atoms with E-state index >= 15 is 0 Å². The van der Waals surface area contributed by atoms with E-state index in [1.54, 1.807) is 6.20 Å². The van der Waals surface area contributed by atoms with E-state index in [9.17, 15) is 10.1 Å². The number of rotatable bonds is 6. The standard InChI is InChI=1S/C10H13N7O3/c1-2-6-3-12-8(20-6)5-13-9-7(17(18)19)4-14-10(15-9)16-11/h3-4H,2,5,11H2,1H3,(H2,13,14,15,16). The summed E-state index contributed by atoms with van der Waals surface area (Å²) in [6.45, 7) is 2.11. The minimum absolute atomic E-state index is 0.0363. The summed E-state index contributed by atoms with van der Waals surface area (Å²) >= 11 is 0. The van der Waals surface area contributed by atoms with Crippen molar-refractivity contribution in [1.29, 1.82) is 0 Å². The van der Waals surface area contributed by atoms with Crippen LogP contribution in [0.4, 0.5) is 17.5 Å². The monoisotopic (exact) mass is 279 g/mol. The Balaban J connectivity index is 2.16. The summed E-state index contributed by atoms with van der Waals surface area (Å²) in [5.74, 6) is 6.43. The molecule has 0 atom stereocenters. The number of nitrogens with one attached hydrogen (secondary N) is 2. The van der Waals surface area contributed by atoms with E-state index in [-0.39, 0.29) is 24.0 Å². The van der Waals surface area contributed by atoms with E-state index in [1.807, 2.05) is 6.92 Å². The Kier molecular flexibility index (Phi) is 4.05. The van der Waals surface area contributed by atoms with Crippen LogP contribution in [0.1, 0.15) is 18.6 Å². The summed E-state index contributed by atoms with van der Waals surface area (Å²) in [6, 6.07) is 0. The molecular weight excluding hydrogens is 266 g/mol. The molecule has 0 radical (unpaired) electrons. The van der Waals surface area contributed by atoms with Crippen LogP contribution >= 0.6 is 0 Å². The van der Waals surface area contributed by atoms with Crippen LogP contribution in [0, 0.1) is 10.1 Å². The molecule has 20 heavy (non-hydrogen) atoms. The second-order valence-corrected chi connectivity index (χ2v) is 3.76. The van der Waals surface area contributed by atoms with Gasteiger partial charge in [0.05, 0.1) is 17.7 Å². The van der Waals surface area contributed by atoms with Crippen LogP contribution in [-0.4, -0.2) is 19.9 Å². The van der Waals surface area contributed by atoms with Crippen molar-refractivity contribution in [1.82, 2.24) is 15.0 Å². The number of anilines is 2. The summed E-state index contributed by atoms with van der Waals surface area (Å²) in [5, 5.41) is 13.7. The summed E-state index contributed by atoms with van der Waals surface area (Å²) in [5.41, 5.74) is 1.96. The molecule has 2 aromatic heterocycles. The predicted octanol–water partition coefficient (Wildman–Crippen LogP) is 0.833. The summed E-state index contributed by atoms with van der Waals surface area (Å²) < 4.78 is 5.38. The highest BCUT2D eigenvalue weighted by atomic mass is 16.6. The maximum atomic E-state index is 10.9. The van der Waals surface area contributed by atoms with Crippen molar-refractivity contribution in [2.24, 2.45) is 5.84 Å². The third kappa shape index (κ3) is 2.98. The van der Waals surface area contributed by atoms with Crippen molar-refractivity contribution in [2.45, 2.75) is 19.9 Å². The zero-order valence-corrected chi connectivity index (χ0v) is 10.7. The maximum absolute atomic E-state index is 10.9. The van der Waals surface area contributed by atoms with E-state index in [4.69, 9.17) is 10.3 Å².